The minimum atomic E-state index is -4.73. The van der Waals surface area contributed by atoms with E-state index in [9.17, 15) is 22.4 Å². The normalized spacial score (nSPS) is 14.7. The van der Waals surface area contributed by atoms with Crippen molar-refractivity contribution in [3.8, 4) is 11.1 Å². The number of nitrogens with two attached hydrogens (primary N) is 1. The fraction of sp³-hybridized carbons (Fsp3) is 0.296. The number of carbonyl (C=O) groups excluding carboxylic acids is 1. The van der Waals surface area contributed by atoms with Crippen molar-refractivity contribution in [1.82, 2.24) is 19.5 Å². The van der Waals surface area contributed by atoms with E-state index in [0.29, 0.717) is 47.9 Å². The monoisotopic (exact) mass is 575 g/mol. The van der Waals surface area contributed by atoms with Crippen molar-refractivity contribution in [1.29, 1.82) is 0 Å². The first kappa shape index (κ1) is 28.2. The topological polar surface area (TPSA) is 110 Å². The second-order valence-corrected chi connectivity index (χ2v) is 9.48. The molecule has 0 radical (unpaired) electrons. The fourth-order valence-corrected chi connectivity index (χ4v) is 4.68. The lowest BCUT2D eigenvalue weighted by Gasteiger charge is -2.18. The van der Waals surface area contributed by atoms with E-state index >= 15 is 4.39 Å². The van der Waals surface area contributed by atoms with Gasteiger partial charge in [-0.1, -0.05) is 6.07 Å². The highest BCUT2D eigenvalue weighted by Gasteiger charge is 2.31. The van der Waals surface area contributed by atoms with E-state index in [1.807, 2.05) is 11.4 Å². The molecule has 0 unspecified atom stereocenters. The van der Waals surface area contributed by atoms with Crippen molar-refractivity contribution >= 4 is 28.7 Å². The SMILES string of the molecule is Nc1ncnn2c(CCN3CCCOCC3)cc(-c3ccc(NC(=O)Nc4cc(C(F)(F)F)ccc4F)c(F)c3)c12. The summed E-state index contributed by atoms with van der Waals surface area (Å²) in [6, 6.07) is 6.34. The van der Waals surface area contributed by atoms with Gasteiger partial charge in [-0.05, 0) is 48.4 Å². The third-order valence-corrected chi connectivity index (χ3v) is 6.73. The number of benzene rings is 2. The van der Waals surface area contributed by atoms with Gasteiger partial charge >= 0.3 is 12.2 Å². The average molecular weight is 576 g/mol. The van der Waals surface area contributed by atoms with Gasteiger partial charge in [0.25, 0.3) is 0 Å². The summed E-state index contributed by atoms with van der Waals surface area (Å²) in [7, 11) is 0. The number of nitrogens with zero attached hydrogens (tertiary/aromatic N) is 4. The van der Waals surface area contributed by atoms with E-state index in [4.69, 9.17) is 10.5 Å². The number of aromatic nitrogens is 3. The molecule has 1 saturated heterocycles. The lowest BCUT2D eigenvalue weighted by atomic mass is 10.1. The number of alkyl halides is 3. The molecule has 2 aromatic carbocycles. The number of halogens is 5. The molecule has 1 fully saturated rings. The Morgan fingerprint density at radius 3 is 2.59 bits per heavy atom. The van der Waals surface area contributed by atoms with Crippen molar-refractivity contribution in [3.63, 3.8) is 0 Å². The second-order valence-electron chi connectivity index (χ2n) is 9.48. The van der Waals surface area contributed by atoms with Crippen LogP contribution in [0, 0.1) is 11.6 Å². The summed E-state index contributed by atoms with van der Waals surface area (Å²) in [5.74, 6) is -1.71. The molecule has 5 rings (SSSR count). The lowest BCUT2D eigenvalue weighted by Crippen LogP contribution is -2.28. The number of nitrogens with one attached hydrogen (secondary N) is 2. The molecule has 216 valence electrons. The molecule has 0 spiro atoms. The fourth-order valence-electron chi connectivity index (χ4n) is 4.68. The second kappa shape index (κ2) is 11.7. The Hall–Kier alpha value is -4.30. The van der Waals surface area contributed by atoms with E-state index in [0.717, 1.165) is 38.4 Å². The molecule has 3 heterocycles. The van der Waals surface area contributed by atoms with Crippen molar-refractivity contribution in [2.75, 3.05) is 49.2 Å². The van der Waals surface area contributed by atoms with Gasteiger partial charge in [0.05, 0.1) is 23.5 Å². The number of fused-ring (bicyclic) bond motifs is 1. The van der Waals surface area contributed by atoms with E-state index in [1.165, 1.54) is 18.5 Å². The number of ether oxygens (including phenoxy) is 1. The number of urea groups is 1. The Morgan fingerprint density at radius 1 is 1.00 bits per heavy atom. The maximum atomic E-state index is 15.1. The highest BCUT2D eigenvalue weighted by Crippen LogP contribution is 2.34. The maximum Gasteiger partial charge on any atom is 0.416 e. The summed E-state index contributed by atoms with van der Waals surface area (Å²) in [6.07, 6.45) is -1.80. The van der Waals surface area contributed by atoms with Crippen LogP contribution in [0.3, 0.4) is 0 Å². The Kier molecular flexibility index (Phi) is 8.03. The molecule has 4 aromatic rings. The van der Waals surface area contributed by atoms with Crippen molar-refractivity contribution in [3.05, 3.63) is 71.7 Å². The molecule has 2 aromatic heterocycles. The van der Waals surface area contributed by atoms with Crippen LogP contribution in [-0.4, -0.2) is 58.4 Å². The molecular weight excluding hydrogens is 549 g/mol. The average Bonchev–Trinajstić information content (AvgIpc) is 3.10. The molecule has 0 saturated carbocycles. The maximum absolute atomic E-state index is 15.1. The van der Waals surface area contributed by atoms with Gasteiger partial charge in [0.15, 0.2) is 5.82 Å². The summed E-state index contributed by atoms with van der Waals surface area (Å²) in [5.41, 5.74) is 6.41. The van der Waals surface area contributed by atoms with Gasteiger partial charge in [-0.25, -0.2) is 23.1 Å². The molecule has 0 bridgehead atoms. The minimum absolute atomic E-state index is 0.203. The Bertz CT molecular complexity index is 1570. The molecule has 14 heteroatoms. The summed E-state index contributed by atoms with van der Waals surface area (Å²) in [4.78, 5) is 18.7. The number of anilines is 3. The number of rotatable bonds is 6. The van der Waals surface area contributed by atoms with Crippen molar-refractivity contribution in [2.24, 2.45) is 0 Å². The standard InChI is InChI=1S/C27H26F5N7O2/c28-20-4-3-17(27(30,31)32)13-23(20)37-26(40)36-22-5-2-16(12-21(22)29)19-14-18(39-24(19)25(33)34-15-35-39)6-8-38-7-1-10-41-11-9-38/h2-5,12-15H,1,6-11H2,(H2,33,34,35)(H2,36,37,40). The largest absolute Gasteiger partial charge is 0.416 e. The van der Waals surface area contributed by atoms with Crippen LogP contribution in [0.25, 0.3) is 16.6 Å². The highest BCUT2D eigenvalue weighted by molar-refractivity contribution is 6.00. The first-order valence-corrected chi connectivity index (χ1v) is 12.8. The Morgan fingerprint density at radius 2 is 1.80 bits per heavy atom. The Labute approximate surface area is 231 Å². The van der Waals surface area contributed by atoms with Crippen LogP contribution in [0.2, 0.25) is 0 Å². The third-order valence-electron chi connectivity index (χ3n) is 6.73. The van der Waals surface area contributed by atoms with E-state index in [-0.39, 0.29) is 11.5 Å². The Balaban J connectivity index is 1.35. The smallest absolute Gasteiger partial charge is 0.382 e. The first-order chi connectivity index (χ1) is 19.6. The number of hydrogen-bond acceptors (Lipinski definition) is 6. The summed E-state index contributed by atoms with van der Waals surface area (Å²) in [5, 5.41) is 8.52. The minimum Gasteiger partial charge on any atom is -0.382 e. The van der Waals surface area contributed by atoms with E-state index < -0.39 is 35.1 Å². The van der Waals surface area contributed by atoms with Gasteiger partial charge in [0.1, 0.15) is 23.5 Å². The molecule has 0 atom stereocenters. The zero-order chi connectivity index (χ0) is 29.1. The zero-order valence-electron chi connectivity index (χ0n) is 21.6. The number of hydrogen-bond donors (Lipinski definition) is 3. The van der Waals surface area contributed by atoms with Gasteiger partial charge in [-0.2, -0.15) is 18.3 Å². The van der Waals surface area contributed by atoms with Crippen LogP contribution in [0.15, 0.2) is 48.8 Å². The first-order valence-electron chi connectivity index (χ1n) is 12.8. The molecule has 4 N–H and O–H groups in total. The summed E-state index contributed by atoms with van der Waals surface area (Å²) < 4.78 is 75.2. The number of carbonyl (C=O) groups is 1. The van der Waals surface area contributed by atoms with Gasteiger partial charge < -0.3 is 26.0 Å². The van der Waals surface area contributed by atoms with Crippen LogP contribution >= 0.6 is 0 Å². The molecule has 0 aliphatic carbocycles. The van der Waals surface area contributed by atoms with E-state index in [2.05, 4.69) is 20.3 Å². The summed E-state index contributed by atoms with van der Waals surface area (Å²) >= 11 is 0. The van der Waals surface area contributed by atoms with Gasteiger partial charge in [-0.3, -0.25) is 0 Å². The number of amides is 2. The predicted octanol–water partition coefficient (Wildman–Crippen LogP) is 5.18. The molecular formula is C27H26F5N7O2. The molecule has 9 nitrogen and oxygen atoms in total. The zero-order valence-corrected chi connectivity index (χ0v) is 21.6. The van der Waals surface area contributed by atoms with Gasteiger partial charge in [0.2, 0.25) is 0 Å². The quantitative estimate of drug-likeness (QED) is 0.273. The van der Waals surface area contributed by atoms with Crippen LogP contribution in [0.4, 0.5) is 43.9 Å². The van der Waals surface area contributed by atoms with Crippen LogP contribution in [0.5, 0.6) is 0 Å². The summed E-state index contributed by atoms with van der Waals surface area (Å²) in [6.45, 7) is 3.90. The molecule has 1 aliphatic heterocycles. The van der Waals surface area contributed by atoms with Crippen molar-refractivity contribution in [2.45, 2.75) is 19.0 Å². The lowest BCUT2D eigenvalue weighted by molar-refractivity contribution is -0.137. The predicted molar refractivity (Wildman–Crippen MR) is 142 cm³/mol. The molecule has 41 heavy (non-hydrogen) atoms. The van der Waals surface area contributed by atoms with Crippen LogP contribution in [-0.2, 0) is 17.3 Å². The third kappa shape index (κ3) is 6.38. The van der Waals surface area contributed by atoms with Crippen LogP contribution < -0.4 is 16.4 Å². The van der Waals surface area contributed by atoms with Crippen molar-refractivity contribution < 1.29 is 31.5 Å². The van der Waals surface area contributed by atoms with E-state index in [1.54, 1.807) is 10.6 Å². The van der Waals surface area contributed by atoms with Gasteiger partial charge in [-0.15, -0.1) is 0 Å². The highest BCUT2D eigenvalue weighted by atomic mass is 19.4. The van der Waals surface area contributed by atoms with Crippen LogP contribution in [0.1, 0.15) is 17.7 Å². The molecule has 1 aliphatic rings. The van der Waals surface area contributed by atoms with Gasteiger partial charge in [0, 0.05) is 43.9 Å². The molecule has 2 amide bonds. The number of nitrogen functional groups attached to an aromatic ring is 1.